The molecule has 0 aliphatic rings. The smallest absolute Gasteiger partial charge is 0.246 e. The van der Waals surface area contributed by atoms with Gasteiger partial charge in [-0.05, 0) is 18.2 Å². The summed E-state index contributed by atoms with van der Waals surface area (Å²) in [7, 11) is 0. The van der Waals surface area contributed by atoms with Gasteiger partial charge >= 0.3 is 0 Å². The largest absolute Gasteiger partial charge is 0.386 e. The normalized spacial score (nSPS) is 12.1. The van der Waals surface area contributed by atoms with E-state index in [4.69, 9.17) is 11.6 Å². The van der Waals surface area contributed by atoms with Gasteiger partial charge in [-0.15, -0.1) is 0 Å². The third-order valence-electron chi connectivity index (χ3n) is 3.45. The minimum absolute atomic E-state index is 0.178. The van der Waals surface area contributed by atoms with Crippen molar-refractivity contribution in [1.82, 2.24) is 14.5 Å². The summed E-state index contributed by atoms with van der Waals surface area (Å²) in [5, 5.41) is 10.9. The zero-order valence-corrected chi connectivity index (χ0v) is 12.9. The maximum Gasteiger partial charge on any atom is 0.246 e. The van der Waals surface area contributed by atoms with Crippen LogP contribution in [0.3, 0.4) is 0 Å². The van der Waals surface area contributed by atoms with E-state index in [0.29, 0.717) is 16.3 Å². The van der Waals surface area contributed by atoms with Crippen LogP contribution in [-0.2, 0) is 6.54 Å². The highest BCUT2D eigenvalue weighted by Crippen LogP contribution is 2.24. The Kier molecular flexibility index (Phi) is 4.50. The first kappa shape index (κ1) is 15.4. The molecular formula is C17H14ClN3O2. The van der Waals surface area contributed by atoms with Gasteiger partial charge in [-0.1, -0.05) is 35.9 Å². The summed E-state index contributed by atoms with van der Waals surface area (Å²) in [6, 6.07) is 12.2. The molecule has 23 heavy (non-hydrogen) atoms. The molecule has 1 atom stereocenters. The van der Waals surface area contributed by atoms with Gasteiger partial charge < -0.3 is 9.67 Å². The van der Waals surface area contributed by atoms with E-state index < -0.39 is 6.10 Å². The van der Waals surface area contributed by atoms with Crippen LogP contribution < -0.4 is 0 Å². The number of pyridine rings is 1. The lowest BCUT2D eigenvalue weighted by molar-refractivity contribution is 0.101. The van der Waals surface area contributed by atoms with Crippen LogP contribution in [0.4, 0.5) is 0 Å². The van der Waals surface area contributed by atoms with Crippen LogP contribution in [0.15, 0.2) is 61.1 Å². The number of ketones is 1. The number of halogens is 1. The molecule has 116 valence electrons. The van der Waals surface area contributed by atoms with Crippen molar-refractivity contribution in [3.8, 4) is 0 Å². The van der Waals surface area contributed by atoms with E-state index in [0.717, 1.165) is 0 Å². The second kappa shape index (κ2) is 6.73. The van der Waals surface area contributed by atoms with Gasteiger partial charge in [-0.2, -0.15) is 0 Å². The van der Waals surface area contributed by atoms with E-state index in [-0.39, 0.29) is 18.2 Å². The van der Waals surface area contributed by atoms with E-state index in [9.17, 15) is 9.90 Å². The Hall–Kier alpha value is -2.50. The van der Waals surface area contributed by atoms with Crippen LogP contribution in [0.5, 0.6) is 0 Å². The molecule has 0 fully saturated rings. The van der Waals surface area contributed by atoms with Crippen molar-refractivity contribution in [3.63, 3.8) is 0 Å². The first-order valence-electron chi connectivity index (χ1n) is 7.06. The highest BCUT2D eigenvalue weighted by atomic mass is 35.5. The molecule has 0 radical (unpaired) electrons. The number of hydrogen-bond donors (Lipinski definition) is 1. The van der Waals surface area contributed by atoms with Crippen LogP contribution in [-0.4, -0.2) is 25.4 Å². The first-order valence-corrected chi connectivity index (χ1v) is 7.44. The second-order valence-electron chi connectivity index (χ2n) is 4.98. The van der Waals surface area contributed by atoms with Gasteiger partial charge in [-0.25, -0.2) is 4.98 Å². The average Bonchev–Trinajstić information content (AvgIpc) is 3.03. The SMILES string of the molecule is O=C(c1ccccn1)c1nccn1CC(O)c1ccccc1Cl. The van der Waals surface area contributed by atoms with E-state index in [1.165, 1.54) is 6.20 Å². The Morgan fingerprint density at radius 1 is 1.13 bits per heavy atom. The molecule has 2 aromatic heterocycles. The maximum atomic E-state index is 12.5. The summed E-state index contributed by atoms with van der Waals surface area (Å²) >= 11 is 6.10. The quantitative estimate of drug-likeness (QED) is 0.732. The van der Waals surface area contributed by atoms with Crippen LogP contribution in [0.1, 0.15) is 28.0 Å². The number of carbonyl (C=O) groups excluding carboxylic acids is 1. The minimum atomic E-state index is -0.840. The number of nitrogens with zero attached hydrogens (tertiary/aromatic N) is 3. The molecule has 6 heteroatoms. The lowest BCUT2D eigenvalue weighted by atomic mass is 10.1. The van der Waals surface area contributed by atoms with Crippen molar-refractivity contribution in [2.75, 3.05) is 0 Å². The third-order valence-corrected chi connectivity index (χ3v) is 3.79. The van der Waals surface area contributed by atoms with Gasteiger partial charge in [0.05, 0.1) is 12.6 Å². The molecule has 3 rings (SSSR count). The van der Waals surface area contributed by atoms with Crippen molar-refractivity contribution in [3.05, 3.63) is 83.2 Å². The van der Waals surface area contributed by atoms with Crippen LogP contribution in [0, 0.1) is 0 Å². The van der Waals surface area contributed by atoms with Crippen molar-refractivity contribution < 1.29 is 9.90 Å². The Labute approximate surface area is 138 Å². The highest BCUT2D eigenvalue weighted by molar-refractivity contribution is 6.31. The summed E-state index contributed by atoms with van der Waals surface area (Å²) < 4.78 is 1.60. The van der Waals surface area contributed by atoms with Crippen molar-refractivity contribution in [1.29, 1.82) is 0 Å². The molecule has 3 aromatic rings. The summed E-state index contributed by atoms with van der Waals surface area (Å²) in [4.78, 5) is 20.6. The number of aliphatic hydroxyl groups excluding tert-OH is 1. The molecule has 0 bridgehead atoms. The number of aromatic nitrogens is 3. The standard InChI is InChI=1S/C17H14ClN3O2/c18-13-6-2-1-5-12(13)15(22)11-21-10-9-20-17(21)16(23)14-7-3-4-8-19-14/h1-10,15,22H,11H2. The first-order chi connectivity index (χ1) is 11.2. The molecule has 0 aliphatic heterocycles. The fraction of sp³-hybridized carbons (Fsp3) is 0.118. The van der Waals surface area contributed by atoms with E-state index >= 15 is 0 Å². The summed E-state index contributed by atoms with van der Waals surface area (Å²) in [6.07, 6.45) is 3.89. The molecule has 0 saturated carbocycles. The van der Waals surface area contributed by atoms with Crippen molar-refractivity contribution in [2.24, 2.45) is 0 Å². The molecule has 1 unspecified atom stereocenters. The fourth-order valence-electron chi connectivity index (χ4n) is 2.31. The molecular weight excluding hydrogens is 314 g/mol. The lowest BCUT2D eigenvalue weighted by Crippen LogP contribution is -2.16. The zero-order valence-electron chi connectivity index (χ0n) is 12.1. The minimum Gasteiger partial charge on any atom is -0.386 e. The van der Waals surface area contributed by atoms with Gasteiger partial charge in [-0.3, -0.25) is 9.78 Å². The highest BCUT2D eigenvalue weighted by Gasteiger charge is 2.19. The van der Waals surface area contributed by atoms with Gasteiger partial charge in [0.15, 0.2) is 5.82 Å². The Balaban J connectivity index is 1.84. The monoisotopic (exact) mass is 327 g/mol. The number of imidazole rings is 1. The molecule has 0 amide bonds. The van der Waals surface area contributed by atoms with Crippen LogP contribution in [0.25, 0.3) is 0 Å². The number of rotatable bonds is 5. The van der Waals surface area contributed by atoms with Gasteiger partial charge in [0, 0.05) is 29.2 Å². The van der Waals surface area contributed by atoms with E-state index in [2.05, 4.69) is 9.97 Å². The van der Waals surface area contributed by atoms with Gasteiger partial charge in [0.2, 0.25) is 5.78 Å². The zero-order chi connectivity index (χ0) is 16.2. The van der Waals surface area contributed by atoms with E-state index in [1.807, 2.05) is 0 Å². The lowest BCUT2D eigenvalue weighted by Gasteiger charge is -2.14. The number of benzene rings is 1. The number of hydrogen-bond acceptors (Lipinski definition) is 4. The Bertz CT molecular complexity index is 817. The summed E-state index contributed by atoms with van der Waals surface area (Å²) in [5.74, 6) is -0.0586. The molecule has 1 N–H and O–H groups in total. The van der Waals surface area contributed by atoms with Crippen molar-refractivity contribution in [2.45, 2.75) is 12.6 Å². The average molecular weight is 328 g/mol. The van der Waals surface area contributed by atoms with Crippen LogP contribution in [0.2, 0.25) is 5.02 Å². The Morgan fingerprint density at radius 3 is 2.65 bits per heavy atom. The molecule has 1 aromatic carbocycles. The number of aliphatic hydroxyl groups is 1. The van der Waals surface area contributed by atoms with Gasteiger partial charge in [0.25, 0.3) is 0 Å². The third kappa shape index (κ3) is 3.31. The molecule has 0 saturated heterocycles. The summed E-state index contributed by atoms with van der Waals surface area (Å²) in [5.41, 5.74) is 0.922. The maximum absolute atomic E-state index is 12.5. The predicted octanol–water partition coefficient (Wildman–Crippen LogP) is 2.90. The molecule has 5 nitrogen and oxygen atoms in total. The molecule has 0 spiro atoms. The fourth-order valence-corrected chi connectivity index (χ4v) is 2.57. The number of carbonyl (C=O) groups is 1. The predicted molar refractivity (Wildman–Crippen MR) is 86.3 cm³/mol. The van der Waals surface area contributed by atoms with E-state index in [1.54, 1.807) is 59.4 Å². The Morgan fingerprint density at radius 2 is 1.91 bits per heavy atom. The molecule has 2 heterocycles. The summed E-state index contributed by atoms with van der Waals surface area (Å²) in [6.45, 7) is 0.178. The topological polar surface area (TPSA) is 68.0 Å². The van der Waals surface area contributed by atoms with Crippen molar-refractivity contribution >= 4 is 17.4 Å². The second-order valence-corrected chi connectivity index (χ2v) is 5.39. The molecule has 0 aliphatic carbocycles. The van der Waals surface area contributed by atoms with Crippen LogP contribution >= 0.6 is 11.6 Å². The van der Waals surface area contributed by atoms with Gasteiger partial charge in [0.1, 0.15) is 5.69 Å².